The quantitative estimate of drug-likeness (QED) is 0.687. The maximum absolute atomic E-state index is 4.10. The van der Waals surface area contributed by atoms with Gasteiger partial charge in [-0.1, -0.05) is 18.3 Å². The average molecular weight is 226 g/mol. The molecule has 2 aliphatic heterocycles. The Morgan fingerprint density at radius 2 is 2.24 bits per heavy atom. The van der Waals surface area contributed by atoms with Crippen molar-refractivity contribution >= 4 is 0 Å². The summed E-state index contributed by atoms with van der Waals surface area (Å²) in [5.41, 5.74) is 1.03. The fourth-order valence-corrected chi connectivity index (χ4v) is 2.97. The summed E-state index contributed by atoms with van der Waals surface area (Å²) in [6.07, 6.45) is 10.2. The lowest BCUT2D eigenvalue weighted by molar-refractivity contribution is 0.460. The Labute approximate surface area is 103 Å². The molecule has 2 bridgehead atoms. The van der Waals surface area contributed by atoms with Crippen LogP contribution in [0.4, 0.5) is 0 Å². The number of hydrogen-bond donors (Lipinski definition) is 1. The van der Waals surface area contributed by atoms with Gasteiger partial charge in [-0.25, -0.2) is 0 Å². The van der Waals surface area contributed by atoms with Crippen molar-refractivity contribution in [2.24, 2.45) is 5.92 Å². The first kappa shape index (κ1) is 10.8. The molecule has 1 N–H and O–H groups in total. The molecule has 88 valence electrons. The zero-order valence-corrected chi connectivity index (χ0v) is 10.0. The first-order chi connectivity index (χ1) is 8.42. The van der Waals surface area contributed by atoms with E-state index in [1.54, 1.807) is 6.20 Å². The van der Waals surface area contributed by atoms with Gasteiger partial charge in [-0.2, -0.15) is 0 Å². The van der Waals surface area contributed by atoms with Gasteiger partial charge in [-0.3, -0.25) is 4.98 Å². The van der Waals surface area contributed by atoms with E-state index in [2.05, 4.69) is 22.1 Å². The van der Waals surface area contributed by atoms with Crippen LogP contribution in [0, 0.1) is 17.8 Å². The average Bonchev–Trinajstić information content (AvgIpc) is 2.72. The summed E-state index contributed by atoms with van der Waals surface area (Å²) in [7, 11) is 0. The van der Waals surface area contributed by atoms with Gasteiger partial charge < -0.3 is 5.32 Å². The second kappa shape index (κ2) is 4.89. The Hall–Kier alpha value is -1.33. The lowest BCUT2D eigenvalue weighted by Crippen LogP contribution is -2.31. The maximum atomic E-state index is 4.10. The second-order valence-electron chi connectivity index (χ2n) is 5.10. The fraction of sp³-hybridized carbons (Fsp3) is 0.533. The van der Waals surface area contributed by atoms with Crippen molar-refractivity contribution in [1.82, 2.24) is 10.3 Å². The fourth-order valence-electron chi connectivity index (χ4n) is 2.97. The van der Waals surface area contributed by atoms with E-state index in [0.717, 1.165) is 11.6 Å². The van der Waals surface area contributed by atoms with Crippen LogP contribution >= 0.6 is 0 Å². The van der Waals surface area contributed by atoms with Gasteiger partial charge >= 0.3 is 0 Å². The third-order valence-electron chi connectivity index (χ3n) is 3.89. The molecule has 0 spiro atoms. The van der Waals surface area contributed by atoms with Gasteiger partial charge in [-0.15, -0.1) is 0 Å². The number of pyridine rings is 1. The van der Waals surface area contributed by atoms with Crippen LogP contribution in [0.5, 0.6) is 0 Å². The van der Waals surface area contributed by atoms with Crippen LogP contribution in [0.25, 0.3) is 0 Å². The summed E-state index contributed by atoms with van der Waals surface area (Å²) in [5.74, 6) is 7.26. The van der Waals surface area contributed by atoms with E-state index >= 15 is 0 Å². The summed E-state index contributed by atoms with van der Waals surface area (Å²) in [5, 5.41) is 3.72. The molecule has 2 nitrogen and oxygen atoms in total. The number of aromatic nitrogens is 1. The smallest absolute Gasteiger partial charge is 0.0428 e. The topological polar surface area (TPSA) is 24.9 Å². The van der Waals surface area contributed by atoms with Gasteiger partial charge in [0.2, 0.25) is 0 Å². The molecule has 3 rings (SSSR count). The molecule has 2 aliphatic rings. The standard InChI is InChI=1S/C15H18N2/c1-4-13(15-9-8-14(5-1)17-15)7-6-12-3-2-10-16-11-12/h2-3,10-11,13-15,17H,1,4-5,8-9H2. The van der Waals surface area contributed by atoms with E-state index in [-0.39, 0.29) is 0 Å². The molecule has 3 atom stereocenters. The van der Waals surface area contributed by atoms with Gasteiger partial charge in [0.15, 0.2) is 0 Å². The van der Waals surface area contributed by atoms with E-state index in [4.69, 9.17) is 0 Å². The highest BCUT2D eigenvalue weighted by molar-refractivity contribution is 5.32. The highest BCUT2D eigenvalue weighted by Gasteiger charge is 2.31. The van der Waals surface area contributed by atoms with E-state index in [9.17, 15) is 0 Å². The van der Waals surface area contributed by atoms with Crippen molar-refractivity contribution in [3.63, 3.8) is 0 Å². The van der Waals surface area contributed by atoms with Gasteiger partial charge in [0.05, 0.1) is 0 Å². The van der Waals surface area contributed by atoms with Crippen LogP contribution in [0.3, 0.4) is 0 Å². The van der Waals surface area contributed by atoms with Gasteiger partial charge in [0, 0.05) is 36.0 Å². The van der Waals surface area contributed by atoms with Crippen LogP contribution in [-0.2, 0) is 0 Å². The predicted molar refractivity (Wildman–Crippen MR) is 68.4 cm³/mol. The Morgan fingerprint density at radius 1 is 1.24 bits per heavy atom. The highest BCUT2D eigenvalue weighted by atomic mass is 15.0. The molecule has 0 aliphatic carbocycles. The van der Waals surface area contributed by atoms with Crippen molar-refractivity contribution in [3.8, 4) is 11.8 Å². The minimum Gasteiger partial charge on any atom is -0.310 e. The van der Waals surface area contributed by atoms with Crippen molar-refractivity contribution < 1.29 is 0 Å². The Bertz CT molecular complexity index is 429. The van der Waals surface area contributed by atoms with Gasteiger partial charge in [0.1, 0.15) is 0 Å². The molecular weight excluding hydrogens is 208 g/mol. The molecule has 0 saturated carbocycles. The molecule has 17 heavy (non-hydrogen) atoms. The third-order valence-corrected chi connectivity index (χ3v) is 3.89. The molecule has 0 radical (unpaired) electrons. The van der Waals surface area contributed by atoms with Crippen LogP contribution in [0.2, 0.25) is 0 Å². The molecular formula is C15H18N2. The molecule has 2 saturated heterocycles. The summed E-state index contributed by atoms with van der Waals surface area (Å²) in [4.78, 5) is 4.10. The molecule has 0 aromatic carbocycles. The normalized spacial score (nSPS) is 31.4. The zero-order valence-electron chi connectivity index (χ0n) is 10.0. The minimum atomic E-state index is 0.530. The van der Waals surface area contributed by atoms with E-state index in [0.29, 0.717) is 12.0 Å². The second-order valence-corrected chi connectivity index (χ2v) is 5.10. The predicted octanol–water partition coefficient (Wildman–Crippen LogP) is 2.35. The monoisotopic (exact) mass is 226 g/mol. The van der Waals surface area contributed by atoms with Gasteiger partial charge in [-0.05, 0) is 37.8 Å². The van der Waals surface area contributed by atoms with Crippen LogP contribution in [0.15, 0.2) is 24.5 Å². The number of nitrogens with zero attached hydrogens (tertiary/aromatic N) is 1. The SMILES string of the molecule is C(#CC1CCCC2CCC1N2)c1cccnc1. The van der Waals surface area contributed by atoms with E-state index in [1.165, 1.54) is 32.1 Å². The van der Waals surface area contributed by atoms with Crippen molar-refractivity contribution in [3.05, 3.63) is 30.1 Å². The number of rotatable bonds is 0. The summed E-state index contributed by atoms with van der Waals surface area (Å²) < 4.78 is 0. The molecule has 3 unspecified atom stereocenters. The lowest BCUT2D eigenvalue weighted by Gasteiger charge is -2.16. The van der Waals surface area contributed by atoms with Gasteiger partial charge in [0.25, 0.3) is 0 Å². The Balaban J connectivity index is 1.74. The Kier molecular flexibility index (Phi) is 3.11. The number of fused-ring (bicyclic) bond motifs is 2. The van der Waals surface area contributed by atoms with Crippen LogP contribution in [0.1, 0.15) is 37.7 Å². The van der Waals surface area contributed by atoms with Crippen LogP contribution in [-0.4, -0.2) is 17.1 Å². The molecule has 1 aromatic heterocycles. The molecule has 0 amide bonds. The molecule has 3 heterocycles. The summed E-state index contributed by atoms with van der Waals surface area (Å²) >= 11 is 0. The third kappa shape index (κ3) is 2.50. The molecule has 2 heteroatoms. The highest BCUT2D eigenvalue weighted by Crippen LogP contribution is 2.29. The van der Waals surface area contributed by atoms with E-state index < -0.39 is 0 Å². The molecule has 2 fully saturated rings. The first-order valence-electron chi connectivity index (χ1n) is 6.59. The zero-order chi connectivity index (χ0) is 11.5. The lowest BCUT2D eigenvalue weighted by atomic mass is 9.91. The number of hydrogen-bond acceptors (Lipinski definition) is 2. The van der Waals surface area contributed by atoms with Crippen LogP contribution < -0.4 is 5.32 Å². The van der Waals surface area contributed by atoms with E-state index in [1.807, 2.05) is 18.3 Å². The number of nitrogens with one attached hydrogen (secondary N) is 1. The summed E-state index contributed by atoms with van der Waals surface area (Å²) in [6.45, 7) is 0. The van der Waals surface area contributed by atoms with Crippen molar-refractivity contribution in [2.75, 3.05) is 0 Å². The summed E-state index contributed by atoms with van der Waals surface area (Å²) in [6, 6.07) is 5.37. The van der Waals surface area contributed by atoms with Crippen molar-refractivity contribution in [2.45, 2.75) is 44.2 Å². The maximum Gasteiger partial charge on any atom is 0.0428 e. The molecule has 1 aromatic rings. The van der Waals surface area contributed by atoms with Crippen molar-refractivity contribution in [1.29, 1.82) is 0 Å². The Morgan fingerprint density at radius 3 is 3.12 bits per heavy atom. The minimum absolute atomic E-state index is 0.530. The largest absolute Gasteiger partial charge is 0.310 e. The first-order valence-corrected chi connectivity index (χ1v) is 6.59.